The molecule has 1 atom stereocenters. The number of hydrogen-bond donors (Lipinski definition) is 0. The van der Waals surface area contributed by atoms with Crippen molar-refractivity contribution in [2.45, 2.75) is 0 Å². The van der Waals surface area contributed by atoms with Crippen LogP contribution in [0.4, 0.5) is 0 Å². The summed E-state index contributed by atoms with van der Waals surface area (Å²) in [5.74, 6) is 0. The maximum absolute atomic E-state index is 9.33. The largest absolute Gasteiger partial charge is 0.273 e. The minimum absolute atomic E-state index is 1.83. The van der Waals surface area contributed by atoms with E-state index in [4.69, 9.17) is 0 Å². The van der Waals surface area contributed by atoms with Crippen LogP contribution in [-0.2, 0) is 14.0 Å². The Morgan fingerprint density at radius 3 is 2.00 bits per heavy atom. The highest BCUT2D eigenvalue weighted by molar-refractivity contribution is 8.04. The molecule has 0 rings (SSSR count). The van der Waals surface area contributed by atoms with Crippen LogP contribution in [0.3, 0.4) is 0 Å². The minimum Gasteiger partial charge on any atom is -0.210 e. The lowest BCUT2D eigenvalue weighted by Crippen LogP contribution is -1.66. The first kappa shape index (κ1) is 5.69. The Kier molecular flexibility index (Phi) is 3.30. The van der Waals surface area contributed by atoms with Gasteiger partial charge in [0.25, 0.3) is 10.3 Å². The zero-order valence-electron chi connectivity index (χ0n) is 1.98. The lowest BCUT2D eigenvalue weighted by molar-refractivity contribution is 0.613. The highest BCUT2D eigenvalue weighted by Gasteiger charge is 1.80. The summed E-state index contributed by atoms with van der Waals surface area (Å²) in [6.45, 7) is 0. The summed E-state index contributed by atoms with van der Waals surface area (Å²) < 4.78 is 12.8. The first-order chi connectivity index (χ1) is 2.27. The number of rotatable bonds is 1. The van der Waals surface area contributed by atoms with Crippen LogP contribution in [0.5, 0.6) is 0 Å². The van der Waals surface area contributed by atoms with Crippen molar-refractivity contribution in [2.75, 3.05) is 0 Å². The molecule has 0 radical (unpaired) electrons. The molecular weight excluding hydrogens is 135 g/mol. The molecule has 0 fully saturated rings. The Hall–Kier alpha value is 0.690. The van der Waals surface area contributed by atoms with E-state index in [1.54, 1.807) is 0 Å². The summed E-state index contributed by atoms with van der Waals surface area (Å²) in [6, 6.07) is 0. The molecule has 0 bridgehead atoms. The van der Waals surface area contributed by atoms with Crippen LogP contribution in [-0.4, -0.2) is 4.21 Å². The van der Waals surface area contributed by atoms with Gasteiger partial charge in [0.15, 0.2) is 0 Å². The normalized spacial score (nSPS) is 14.8. The molecule has 0 amide bonds. The summed E-state index contributed by atoms with van der Waals surface area (Å²) in [4.78, 5) is 0. The van der Waals surface area contributed by atoms with Crippen molar-refractivity contribution in [3.05, 3.63) is 0 Å². The van der Waals surface area contributed by atoms with Gasteiger partial charge in [-0.1, -0.05) is 0 Å². The van der Waals surface area contributed by atoms with Crippen LogP contribution in [0.2, 0.25) is 0 Å². The van der Waals surface area contributed by atoms with Crippen molar-refractivity contribution in [1.29, 1.82) is 0 Å². The van der Waals surface area contributed by atoms with E-state index < -0.39 is 10.3 Å². The van der Waals surface area contributed by atoms with Crippen molar-refractivity contribution < 1.29 is 7.94 Å². The van der Waals surface area contributed by atoms with Gasteiger partial charge in [-0.3, -0.25) is 0 Å². The van der Waals surface area contributed by atoms with E-state index in [-0.39, 0.29) is 0 Å². The topological polar surface area (TPSA) is 26.3 Å². The monoisotopic (exact) mass is 134 g/mol. The van der Waals surface area contributed by atoms with Gasteiger partial charge in [-0.25, -0.2) is 4.21 Å². The Bertz CT molecular complexity index is 42.9. The summed E-state index contributed by atoms with van der Waals surface area (Å²) in [5.41, 5.74) is 0. The van der Waals surface area contributed by atoms with Gasteiger partial charge in [0.1, 0.15) is 0 Å². The molecule has 0 aromatic carbocycles. The van der Waals surface area contributed by atoms with Gasteiger partial charge in [0.2, 0.25) is 0 Å². The molecular formula is Cl2O2S. The molecule has 0 aliphatic heterocycles. The lowest BCUT2D eigenvalue weighted by Gasteiger charge is -1.69. The third-order valence-electron chi connectivity index (χ3n) is 0.0495. The third-order valence-corrected chi connectivity index (χ3v) is 0.874. The van der Waals surface area contributed by atoms with Gasteiger partial charge in [-0.05, 0) is 0 Å². The second-order valence-corrected chi connectivity index (χ2v) is 1.90. The van der Waals surface area contributed by atoms with E-state index in [0.29, 0.717) is 0 Å². The van der Waals surface area contributed by atoms with Crippen LogP contribution in [0.15, 0.2) is 0 Å². The van der Waals surface area contributed by atoms with Gasteiger partial charge in [0, 0.05) is 10.7 Å². The fourth-order valence-corrected chi connectivity index (χ4v) is 0. The molecule has 0 saturated heterocycles. The number of halogens is 2. The predicted molar refractivity (Wildman–Crippen MR) is 20.9 cm³/mol. The lowest BCUT2D eigenvalue weighted by atomic mass is 15.9. The van der Waals surface area contributed by atoms with Crippen LogP contribution in [0.1, 0.15) is 0 Å². The van der Waals surface area contributed by atoms with Crippen molar-refractivity contribution in [3.63, 3.8) is 0 Å². The molecule has 5 heavy (non-hydrogen) atoms. The van der Waals surface area contributed by atoms with Crippen LogP contribution < -0.4 is 0 Å². The maximum Gasteiger partial charge on any atom is 0.273 e. The van der Waals surface area contributed by atoms with Crippen LogP contribution in [0, 0.1) is 0 Å². The zero-order valence-corrected chi connectivity index (χ0v) is 4.31. The summed E-state index contributed by atoms with van der Waals surface area (Å²) in [6.07, 6.45) is 0. The van der Waals surface area contributed by atoms with E-state index in [2.05, 4.69) is 26.3 Å². The number of hydrogen-bond acceptors (Lipinski definition) is 2. The minimum atomic E-state index is -1.83. The van der Waals surface area contributed by atoms with Crippen LogP contribution in [0.25, 0.3) is 0 Å². The molecule has 1 unspecified atom stereocenters. The molecule has 2 nitrogen and oxygen atoms in total. The van der Waals surface area contributed by atoms with E-state index >= 15 is 0 Å². The van der Waals surface area contributed by atoms with Crippen molar-refractivity contribution in [1.82, 2.24) is 0 Å². The predicted octanol–water partition coefficient (Wildman–Crippen LogP) is 0.974. The molecule has 0 N–H and O–H groups in total. The van der Waals surface area contributed by atoms with Crippen LogP contribution >= 0.6 is 22.5 Å². The Morgan fingerprint density at radius 2 is 2.00 bits per heavy atom. The van der Waals surface area contributed by atoms with E-state index in [0.717, 1.165) is 0 Å². The standard InChI is InChI=1S/Cl2O2S/c1-4-5(2)3. The van der Waals surface area contributed by atoms with Gasteiger partial charge >= 0.3 is 0 Å². The van der Waals surface area contributed by atoms with Crippen molar-refractivity contribution in [2.24, 2.45) is 0 Å². The third kappa shape index (κ3) is 4.69. The molecule has 5 heteroatoms. The van der Waals surface area contributed by atoms with Gasteiger partial charge in [-0.2, -0.15) is 3.74 Å². The molecule has 0 spiro atoms. The highest BCUT2D eigenvalue weighted by Crippen LogP contribution is 1.91. The first-order valence-electron chi connectivity index (χ1n) is 0.642. The fraction of sp³-hybridized carbons (Fsp3) is 0. The van der Waals surface area contributed by atoms with E-state index in [9.17, 15) is 4.21 Å². The molecule has 0 aliphatic carbocycles. The van der Waals surface area contributed by atoms with Gasteiger partial charge < -0.3 is 0 Å². The average molecular weight is 135 g/mol. The summed E-state index contributed by atoms with van der Waals surface area (Å²) in [5, 5.41) is 0. The quantitative estimate of drug-likeness (QED) is 0.500. The van der Waals surface area contributed by atoms with Gasteiger partial charge in [0.05, 0.1) is 11.9 Å². The Balaban J connectivity index is 2.85. The highest BCUT2D eigenvalue weighted by atomic mass is 35.7. The molecule has 0 aliphatic rings. The second kappa shape index (κ2) is 2.90. The SMILES string of the molecule is O=S(Cl)OCl. The average Bonchev–Trinajstić information content (AvgIpc) is 1.38. The first-order valence-corrected chi connectivity index (χ1v) is 2.85. The molecule has 32 valence electrons. The Labute approximate surface area is 41.4 Å². The second-order valence-electron chi connectivity index (χ2n) is 0.257. The summed E-state index contributed by atoms with van der Waals surface area (Å²) in [7, 11) is 2.75. The zero-order chi connectivity index (χ0) is 4.28. The molecule has 0 aromatic heterocycles. The fourth-order valence-electron chi connectivity index (χ4n) is 0. The van der Waals surface area contributed by atoms with E-state index in [1.165, 1.54) is 0 Å². The Morgan fingerprint density at radius 1 is 1.80 bits per heavy atom. The molecule has 0 aromatic rings. The van der Waals surface area contributed by atoms with Crippen molar-refractivity contribution in [3.8, 4) is 0 Å². The molecule has 0 saturated carbocycles. The van der Waals surface area contributed by atoms with E-state index in [1.807, 2.05) is 0 Å². The smallest absolute Gasteiger partial charge is 0.210 e. The maximum atomic E-state index is 9.33. The van der Waals surface area contributed by atoms with Crippen molar-refractivity contribution >= 4 is 32.8 Å². The summed E-state index contributed by atoms with van der Waals surface area (Å²) >= 11 is 4.40. The molecule has 0 heterocycles. The van der Waals surface area contributed by atoms with Gasteiger partial charge in [-0.15, -0.1) is 0 Å².